The summed E-state index contributed by atoms with van der Waals surface area (Å²) in [5.41, 5.74) is 1.77. The second-order valence-electron chi connectivity index (χ2n) is 5.73. The first-order valence-electron chi connectivity index (χ1n) is 8.20. The molecule has 2 aromatic rings. The van der Waals surface area contributed by atoms with Crippen molar-refractivity contribution in [1.82, 2.24) is 5.32 Å². The molecule has 0 radical (unpaired) electrons. The Bertz CT molecular complexity index is 677. The Morgan fingerprint density at radius 1 is 1.16 bits per heavy atom. The van der Waals surface area contributed by atoms with Crippen LogP contribution in [-0.2, 0) is 13.2 Å². The van der Waals surface area contributed by atoms with E-state index in [2.05, 4.69) is 5.32 Å². The molecule has 0 fully saturated rings. The third-order valence-electron chi connectivity index (χ3n) is 3.43. The average molecular weight is 368 g/mol. The fourth-order valence-corrected chi connectivity index (χ4v) is 2.58. The lowest BCUT2D eigenvalue weighted by Crippen LogP contribution is -2.23. The number of hydrogen-bond donors (Lipinski definition) is 2. The zero-order valence-electron chi connectivity index (χ0n) is 14.4. The molecule has 0 aliphatic carbocycles. The number of hydrogen-bond acceptors (Lipinski definition) is 4. The molecule has 2 N–H and O–H groups in total. The molecule has 2 rings (SSSR count). The zero-order chi connectivity index (χ0) is 18.2. The van der Waals surface area contributed by atoms with Crippen LogP contribution in [0.25, 0.3) is 0 Å². The summed E-state index contributed by atoms with van der Waals surface area (Å²) in [5.74, 6) is 0.740. The molecule has 0 spiro atoms. The number of benzene rings is 2. The largest absolute Gasteiger partial charge is 0.490 e. The first kappa shape index (κ1) is 19.5. The van der Waals surface area contributed by atoms with E-state index in [1.54, 1.807) is 25.1 Å². The molecule has 0 saturated carbocycles. The van der Waals surface area contributed by atoms with E-state index < -0.39 is 6.10 Å². The SMILES string of the molecule is CCOc1cc(CNC[C@@H](C)O)cc(Cl)c1OCc1ccc(F)cc1. The maximum atomic E-state index is 13.0. The van der Waals surface area contributed by atoms with Crippen molar-refractivity contribution in [2.45, 2.75) is 33.1 Å². The molecule has 0 aromatic heterocycles. The van der Waals surface area contributed by atoms with E-state index >= 15 is 0 Å². The van der Waals surface area contributed by atoms with Crippen LogP contribution in [0.2, 0.25) is 5.02 Å². The molecule has 0 amide bonds. The van der Waals surface area contributed by atoms with Gasteiger partial charge in [0.25, 0.3) is 0 Å². The van der Waals surface area contributed by atoms with Crippen LogP contribution >= 0.6 is 11.6 Å². The quantitative estimate of drug-likeness (QED) is 0.705. The number of rotatable bonds is 9. The Morgan fingerprint density at radius 3 is 2.52 bits per heavy atom. The standard InChI is InChI=1S/C19H23ClFNO3/c1-3-24-18-9-15(11-22-10-13(2)23)8-17(20)19(18)25-12-14-4-6-16(21)7-5-14/h4-9,13,22-23H,3,10-12H2,1-2H3/t13-/m1/s1. The van der Waals surface area contributed by atoms with Crippen molar-refractivity contribution in [3.63, 3.8) is 0 Å². The number of halogens is 2. The minimum absolute atomic E-state index is 0.264. The van der Waals surface area contributed by atoms with E-state index in [1.165, 1.54) is 12.1 Å². The van der Waals surface area contributed by atoms with Gasteiger partial charge in [-0.1, -0.05) is 23.7 Å². The summed E-state index contributed by atoms with van der Waals surface area (Å²) in [6, 6.07) is 9.78. The Kier molecular flexibility index (Phi) is 7.50. The molecule has 6 heteroatoms. The van der Waals surface area contributed by atoms with Gasteiger partial charge in [-0.2, -0.15) is 0 Å². The van der Waals surface area contributed by atoms with Gasteiger partial charge in [0.15, 0.2) is 11.5 Å². The molecule has 25 heavy (non-hydrogen) atoms. The van der Waals surface area contributed by atoms with Crippen molar-refractivity contribution in [3.05, 3.63) is 58.4 Å². The van der Waals surface area contributed by atoms with Crippen LogP contribution < -0.4 is 14.8 Å². The normalized spacial score (nSPS) is 12.0. The van der Waals surface area contributed by atoms with Crippen LogP contribution in [0.1, 0.15) is 25.0 Å². The molecule has 0 heterocycles. The third-order valence-corrected chi connectivity index (χ3v) is 3.72. The first-order chi connectivity index (χ1) is 12.0. The van der Waals surface area contributed by atoms with Gasteiger partial charge in [-0.25, -0.2) is 4.39 Å². The van der Waals surface area contributed by atoms with Gasteiger partial charge in [0, 0.05) is 13.1 Å². The molecule has 2 aromatic carbocycles. The maximum absolute atomic E-state index is 13.0. The number of aliphatic hydroxyl groups excluding tert-OH is 1. The minimum Gasteiger partial charge on any atom is -0.490 e. The zero-order valence-corrected chi connectivity index (χ0v) is 15.1. The molecule has 0 aliphatic rings. The van der Waals surface area contributed by atoms with Crippen molar-refractivity contribution in [2.75, 3.05) is 13.2 Å². The van der Waals surface area contributed by atoms with Crippen molar-refractivity contribution in [3.8, 4) is 11.5 Å². The van der Waals surface area contributed by atoms with Crippen molar-refractivity contribution >= 4 is 11.6 Å². The van der Waals surface area contributed by atoms with Crippen LogP contribution in [0, 0.1) is 5.82 Å². The van der Waals surface area contributed by atoms with Gasteiger partial charge >= 0.3 is 0 Å². The summed E-state index contributed by atoms with van der Waals surface area (Å²) < 4.78 is 24.4. The second kappa shape index (κ2) is 9.61. The highest BCUT2D eigenvalue weighted by molar-refractivity contribution is 6.32. The molecule has 0 unspecified atom stereocenters. The summed E-state index contributed by atoms with van der Waals surface area (Å²) in [6.07, 6.45) is -0.417. The topological polar surface area (TPSA) is 50.7 Å². The Labute approximate surface area is 152 Å². The highest BCUT2D eigenvalue weighted by atomic mass is 35.5. The molecule has 0 bridgehead atoms. The van der Waals surface area contributed by atoms with Crippen LogP contribution in [0.5, 0.6) is 11.5 Å². The highest BCUT2D eigenvalue weighted by Gasteiger charge is 2.13. The van der Waals surface area contributed by atoms with Gasteiger partial charge in [0.1, 0.15) is 12.4 Å². The monoisotopic (exact) mass is 367 g/mol. The van der Waals surface area contributed by atoms with Gasteiger partial charge in [-0.15, -0.1) is 0 Å². The average Bonchev–Trinajstić information content (AvgIpc) is 2.55. The van der Waals surface area contributed by atoms with Crippen molar-refractivity contribution in [1.29, 1.82) is 0 Å². The van der Waals surface area contributed by atoms with Crippen molar-refractivity contribution in [2.24, 2.45) is 0 Å². The predicted octanol–water partition coefficient (Wildman–Crippen LogP) is 3.93. The Morgan fingerprint density at radius 2 is 1.88 bits per heavy atom. The number of ether oxygens (including phenoxy) is 2. The van der Waals surface area contributed by atoms with Gasteiger partial charge in [0.05, 0.1) is 17.7 Å². The molecule has 0 aliphatic heterocycles. The Balaban J connectivity index is 2.11. The minimum atomic E-state index is -0.417. The molecule has 136 valence electrons. The molecule has 0 saturated heterocycles. The first-order valence-corrected chi connectivity index (χ1v) is 8.58. The van der Waals surface area contributed by atoms with E-state index in [4.69, 9.17) is 21.1 Å². The van der Waals surface area contributed by atoms with E-state index in [-0.39, 0.29) is 12.4 Å². The summed E-state index contributed by atoms with van der Waals surface area (Å²) in [7, 11) is 0. The lowest BCUT2D eigenvalue weighted by molar-refractivity contribution is 0.191. The van der Waals surface area contributed by atoms with Gasteiger partial charge in [-0.3, -0.25) is 0 Å². The summed E-state index contributed by atoms with van der Waals surface area (Å²) >= 11 is 6.36. The smallest absolute Gasteiger partial charge is 0.180 e. The van der Waals surface area contributed by atoms with E-state index in [0.717, 1.165) is 11.1 Å². The second-order valence-corrected chi connectivity index (χ2v) is 6.14. The summed E-state index contributed by atoms with van der Waals surface area (Å²) in [5, 5.41) is 12.9. The van der Waals surface area contributed by atoms with E-state index in [1.807, 2.05) is 13.0 Å². The lowest BCUT2D eigenvalue weighted by atomic mass is 10.2. The van der Waals surface area contributed by atoms with Gasteiger partial charge in [0.2, 0.25) is 0 Å². The lowest BCUT2D eigenvalue weighted by Gasteiger charge is -2.16. The Hall–Kier alpha value is -1.82. The van der Waals surface area contributed by atoms with Gasteiger partial charge in [-0.05, 0) is 49.2 Å². The fourth-order valence-electron chi connectivity index (χ4n) is 2.29. The molecular weight excluding hydrogens is 345 g/mol. The fraction of sp³-hybridized carbons (Fsp3) is 0.368. The predicted molar refractivity (Wildman–Crippen MR) is 96.7 cm³/mol. The van der Waals surface area contributed by atoms with E-state index in [0.29, 0.717) is 36.2 Å². The third kappa shape index (κ3) is 6.20. The van der Waals surface area contributed by atoms with Crippen LogP contribution in [0.4, 0.5) is 4.39 Å². The van der Waals surface area contributed by atoms with Crippen LogP contribution in [0.15, 0.2) is 36.4 Å². The summed E-state index contributed by atoms with van der Waals surface area (Å²) in [4.78, 5) is 0. The summed E-state index contributed by atoms with van der Waals surface area (Å²) in [6.45, 7) is 5.40. The molecule has 4 nitrogen and oxygen atoms in total. The van der Waals surface area contributed by atoms with Crippen molar-refractivity contribution < 1.29 is 19.0 Å². The molecule has 1 atom stereocenters. The number of nitrogens with one attached hydrogen (secondary N) is 1. The highest BCUT2D eigenvalue weighted by Crippen LogP contribution is 2.37. The van der Waals surface area contributed by atoms with Crippen LogP contribution in [0.3, 0.4) is 0 Å². The number of aliphatic hydroxyl groups is 1. The van der Waals surface area contributed by atoms with E-state index in [9.17, 15) is 9.50 Å². The molecular formula is C19H23ClFNO3. The van der Waals surface area contributed by atoms with Gasteiger partial charge < -0.3 is 19.9 Å². The van der Waals surface area contributed by atoms with Crippen LogP contribution in [-0.4, -0.2) is 24.4 Å². The maximum Gasteiger partial charge on any atom is 0.180 e.